The molecule has 11 nitrogen and oxygen atoms in total. The molecule has 14 heteroatoms. The summed E-state index contributed by atoms with van der Waals surface area (Å²) in [7, 11) is 1.38. The van der Waals surface area contributed by atoms with Crippen molar-refractivity contribution in [3.63, 3.8) is 0 Å². The summed E-state index contributed by atoms with van der Waals surface area (Å²) >= 11 is 0. The molecule has 2 aromatic carbocycles. The van der Waals surface area contributed by atoms with Gasteiger partial charge in [0.15, 0.2) is 6.61 Å². The number of benzene rings is 2. The number of fused-ring (bicyclic) bond motifs is 1. The third-order valence-electron chi connectivity index (χ3n) is 9.04. The quantitative estimate of drug-likeness (QED) is 0.245. The molecule has 4 heterocycles. The van der Waals surface area contributed by atoms with Crippen LogP contribution in [0, 0.1) is 0 Å². The first-order chi connectivity index (χ1) is 24.1. The van der Waals surface area contributed by atoms with Gasteiger partial charge in [-0.1, -0.05) is 60.7 Å². The number of nitrogens with zero attached hydrogens (tertiary/aromatic N) is 5. The predicted molar refractivity (Wildman–Crippen MR) is 179 cm³/mol. The molecule has 0 saturated carbocycles. The molecule has 4 aromatic rings. The Hall–Kier alpha value is -4.95. The van der Waals surface area contributed by atoms with Crippen molar-refractivity contribution in [3.05, 3.63) is 112 Å². The number of halogens is 3. The van der Waals surface area contributed by atoms with Crippen LogP contribution in [-0.4, -0.2) is 107 Å². The van der Waals surface area contributed by atoms with E-state index in [9.17, 15) is 22.8 Å². The van der Waals surface area contributed by atoms with Gasteiger partial charge in [-0.25, -0.2) is 0 Å². The Labute approximate surface area is 287 Å². The summed E-state index contributed by atoms with van der Waals surface area (Å²) in [6.07, 6.45) is -3.12. The molecule has 2 fully saturated rings. The number of pyridine rings is 1. The number of rotatable bonds is 11. The predicted octanol–water partition coefficient (Wildman–Crippen LogP) is 4.36. The minimum atomic E-state index is -4.60. The van der Waals surface area contributed by atoms with Crippen LogP contribution in [0.3, 0.4) is 0 Å². The molecular weight excluding hydrogens is 653 g/mol. The Bertz CT molecular complexity index is 1770. The second kappa shape index (κ2) is 15.3. The maximum atomic E-state index is 13.6. The number of methoxy groups -OCH3 is 1. The highest BCUT2D eigenvalue weighted by Crippen LogP contribution is 2.38. The molecule has 0 unspecified atom stereocenters. The maximum Gasteiger partial charge on any atom is 0.422 e. The standard InChI is InChI=1S/C36H39F3N6O5/c1-3-49-35-41-32(48-2)28(33(42-35)50-23-36(37,38)39)21-43-19-26-20-44(34(47)27-15-10-16-40-31(27)46)17-18-45(26)29(22-43)30(24-11-6-4-7-12-24)25-13-8-5-9-14-25/h4-16,26,29-30H,3,17-23H2,1-2H3,(H,40,46)/t26-,29+/m1/s1. The van der Waals surface area contributed by atoms with Crippen molar-refractivity contribution >= 4 is 5.91 Å². The summed E-state index contributed by atoms with van der Waals surface area (Å²) in [5.41, 5.74) is 2.08. The van der Waals surface area contributed by atoms with Gasteiger partial charge in [0.25, 0.3) is 11.5 Å². The zero-order valence-corrected chi connectivity index (χ0v) is 27.8. The van der Waals surface area contributed by atoms with Crippen LogP contribution in [-0.2, 0) is 6.54 Å². The minimum absolute atomic E-state index is 0.0472. The fourth-order valence-electron chi connectivity index (χ4n) is 6.95. The Morgan fingerprint density at radius 3 is 2.22 bits per heavy atom. The normalized spacial score (nSPS) is 18.5. The second-order valence-corrected chi connectivity index (χ2v) is 12.3. The van der Waals surface area contributed by atoms with E-state index in [4.69, 9.17) is 14.2 Å². The molecule has 264 valence electrons. The van der Waals surface area contributed by atoms with Crippen molar-refractivity contribution in [1.82, 2.24) is 29.7 Å². The van der Waals surface area contributed by atoms with Crippen molar-refractivity contribution in [2.75, 3.05) is 53.0 Å². The van der Waals surface area contributed by atoms with Crippen molar-refractivity contribution in [2.24, 2.45) is 0 Å². The fourth-order valence-corrected chi connectivity index (χ4v) is 6.95. The van der Waals surface area contributed by atoms with E-state index < -0.39 is 18.3 Å². The molecule has 0 bridgehead atoms. The van der Waals surface area contributed by atoms with Gasteiger partial charge in [0.05, 0.1) is 19.3 Å². The van der Waals surface area contributed by atoms with Gasteiger partial charge < -0.3 is 24.1 Å². The molecule has 2 saturated heterocycles. The van der Waals surface area contributed by atoms with Crippen LogP contribution in [0.25, 0.3) is 0 Å². The first-order valence-corrected chi connectivity index (χ1v) is 16.5. The monoisotopic (exact) mass is 692 g/mol. The van der Waals surface area contributed by atoms with Gasteiger partial charge in [-0.05, 0) is 30.2 Å². The van der Waals surface area contributed by atoms with Crippen molar-refractivity contribution < 1.29 is 32.2 Å². The summed E-state index contributed by atoms with van der Waals surface area (Å²) in [5.74, 6) is -0.664. The van der Waals surface area contributed by atoms with Crippen molar-refractivity contribution in [2.45, 2.75) is 37.6 Å². The summed E-state index contributed by atoms with van der Waals surface area (Å²) < 4.78 is 56.3. The minimum Gasteiger partial charge on any atom is -0.481 e. The lowest BCUT2D eigenvalue weighted by Gasteiger charge is -2.53. The van der Waals surface area contributed by atoms with Crippen molar-refractivity contribution in [3.8, 4) is 17.8 Å². The molecule has 2 atom stereocenters. The topological polar surface area (TPSA) is 113 Å². The van der Waals surface area contributed by atoms with E-state index in [-0.39, 0.29) is 66.0 Å². The first kappa shape index (κ1) is 34.9. The van der Waals surface area contributed by atoms with Crippen LogP contribution in [0.1, 0.15) is 39.9 Å². The number of amides is 1. The molecule has 50 heavy (non-hydrogen) atoms. The molecule has 2 aromatic heterocycles. The van der Waals surface area contributed by atoms with Crippen molar-refractivity contribution in [1.29, 1.82) is 0 Å². The largest absolute Gasteiger partial charge is 0.481 e. The smallest absolute Gasteiger partial charge is 0.422 e. The number of aromatic nitrogens is 3. The second-order valence-electron chi connectivity index (χ2n) is 12.3. The average Bonchev–Trinajstić information content (AvgIpc) is 3.12. The highest BCUT2D eigenvalue weighted by molar-refractivity contribution is 5.93. The van der Waals surface area contributed by atoms with Gasteiger partial charge in [-0.15, -0.1) is 0 Å². The Morgan fingerprint density at radius 1 is 0.920 bits per heavy atom. The first-order valence-electron chi connectivity index (χ1n) is 16.5. The Morgan fingerprint density at radius 2 is 1.60 bits per heavy atom. The zero-order chi connectivity index (χ0) is 35.3. The van der Waals surface area contributed by atoms with E-state index in [2.05, 4.69) is 49.0 Å². The third-order valence-corrected chi connectivity index (χ3v) is 9.04. The van der Waals surface area contributed by atoms with E-state index >= 15 is 0 Å². The van der Waals surface area contributed by atoms with Crippen LogP contribution in [0.15, 0.2) is 83.8 Å². The molecule has 2 aliphatic rings. The number of carbonyl (C=O) groups is 1. The lowest BCUT2D eigenvalue weighted by atomic mass is 9.81. The van der Waals surface area contributed by atoms with E-state index in [1.807, 2.05) is 36.4 Å². The Kier molecular flexibility index (Phi) is 10.7. The van der Waals surface area contributed by atoms with Gasteiger partial charge in [0.1, 0.15) is 5.56 Å². The summed E-state index contributed by atoms with van der Waals surface area (Å²) in [5, 5.41) is 0. The van der Waals surface area contributed by atoms with E-state index in [1.165, 1.54) is 19.4 Å². The number of H-pyrrole nitrogens is 1. The SMILES string of the molecule is CCOc1nc(OC)c(CN2C[C@@H]3CN(C(=O)c4ccc[nH]c4=O)CCN3[C@H](C(c3ccccc3)c3ccccc3)C2)c(OCC(F)(F)F)n1. The lowest BCUT2D eigenvalue weighted by molar-refractivity contribution is -0.154. The molecular formula is C36H39F3N6O5. The molecule has 0 spiro atoms. The zero-order valence-electron chi connectivity index (χ0n) is 27.8. The van der Waals surface area contributed by atoms with Crippen LogP contribution in [0.4, 0.5) is 13.2 Å². The van der Waals surface area contributed by atoms with Gasteiger partial charge in [0, 0.05) is 63.5 Å². The van der Waals surface area contributed by atoms with Crippen LogP contribution >= 0.6 is 0 Å². The number of hydrogen-bond donors (Lipinski definition) is 1. The van der Waals surface area contributed by atoms with E-state index in [0.29, 0.717) is 32.7 Å². The van der Waals surface area contributed by atoms with Crippen LogP contribution in [0.2, 0.25) is 0 Å². The molecule has 6 rings (SSSR count). The van der Waals surface area contributed by atoms with Crippen LogP contribution < -0.4 is 19.8 Å². The highest BCUT2D eigenvalue weighted by atomic mass is 19.4. The number of piperazine rings is 2. The van der Waals surface area contributed by atoms with Gasteiger partial charge in [0.2, 0.25) is 11.8 Å². The Balaban J connectivity index is 1.39. The number of nitrogens with one attached hydrogen (secondary N) is 1. The summed E-state index contributed by atoms with van der Waals surface area (Å²) in [6, 6.07) is 23.0. The fraction of sp³-hybridized carbons (Fsp3) is 0.389. The molecule has 2 aliphatic heterocycles. The van der Waals surface area contributed by atoms with Gasteiger partial charge >= 0.3 is 12.2 Å². The maximum absolute atomic E-state index is 13.6. The number of hydrogen-bond acceptors (Lipinski definition) is 9. The molecule has 0 radical (unpaired) electrons. The average molecular weight is 693 g/mol. The van der Waals surface area contributed by atoms with Crippen LogP contribution in [0.5, 0.6) is 17.8 Å². The number of carbonyl (C=O) groups excluding carboxylic acids is 1. The third kappa shape index (κ3) is 7.92. The summed E-state index contributed by atoms with van der Waals surface area (Å²) in [4.78, 5) is 43.5. The number of aromatic amines is 1. The number of alkyl halides is 3. The van der Waals surface area contributed by atoms with E-state index in [0.717, 1.165) is 11.1 Å². The van der Waals surface area contributed by atoms with E-state index in [1.54, 1.807) is 17.9 Å². The summed E-state index contributed by atoms with van der Waals surface area (Å²) in [6.45, 7) is 2.75. The molecule has 0 aliphatic carbocycles. The molecule has 1 N–H and O–H groups in total. The highest BCUT2D eigenvalue weighted by Gasteiger charge is 2.44. The van der Waals surface area contributed by atoms with Gasteiger partial charge in [-0.3, -0.25) is 19.4 Å². The van der Waals surface area contributed by atoms with Gasteiger partial charge in [-0.2, -0.15) is 23.1 Å². The molecule has 1 amide bonds. The lowest BCUT2D eigenvalue weighted by Crippen LogP contribution is -2.67. The number of ether oxygens (including phenoxy) is 3.